The second-order valence-electron chi connectivity index (χ2n) is 3.97. The van der Waals surface area contributed by atoms with E-state index in [-0.39, 0.29) is 0 Å². The summed E-state index contributed by atoms with van der Waals surface area (Å²) in [5.74, 6) is 0.947. The molecule has 2 N–H and O–H groups in total. The fraction of sp³-hybridized carbons (Fsp3) is 0.500. The zero-order chi connectivity index (χ0) is 10.7. The lowest BCUT2D eigenvalue weighted by Gasteiger charge is -2.26. The Morgan fingerprint density at radius 1 is 1.47 bits per heavy atom. The summed E-state index contributed by atoms with van der Waals surface area (Å²) >= 11 is 0. The normalized spacial score (nSPS) is 19.7. The van der Waals surface area contributed by atoms with E-state index in [0.29, 0.717) is 6.04 Å². The summed E-state index contributed by atoms with van der Waals surface area (Å²) < 4.78 is 5.21. The predicted molar refractivity (Wildman–Crippen MR) is 61.3 cm³/mol. The SMILES string of the molecule is CNCC1Cc2ccc(OC)cc2CN1. The molecule has 1 atom stereocenters. The molecule has 3 heteroatoms. The van der Waals surface area contributed by atoms with E-state index in [1.165, 1.54) is 11.1 Å². The molecule has 0 fully saturated rings. The fourth-order valence-corrected chi connectivity index (χ4v) is 2.08. The first-order chi connectivity index (χ1) is 7.33. The van der Waals surface area contributed by atoms with Gasteiger partial charge < -0.3 is 15.4 Å². The van der Waals surface area contributed by atoms with Crippen LogP contribution < -0.4 is 15.4 Å². The summed E-state index contributed by atoms with van der Waals surface area (Å²) in [6.07, 6.45) is 1.10. The van der Waals surface area contributed by atoms with E-state index in [1.54, 1.807) is 7.11 Å². The van der Waals surface area contributed by atoms with Crippen LogP contribution in [0, 0.1) is 0 Å². The van der Waals surface area contributed by atoms with Gasteiger partial charge in [0.2, 0.25) is 0 Å². The molecule has 1 heterocycles. The Morgan fingerprint density at radius 2 is 2.33 bits per heavy atom. The lowest BCUT2D eigenvalue weighted by Crippen LogP contribution is -2.42. The van der Waals surface area contributed by atoms with Crippen LogP contribution in [0.15, 0.2) is 18.2 Å². The van der Waals surface area contributed by atoms with E-state index >= 15 is 0 Å². The van der Waals surface area contributed by atoms with E-state index in [4.69, 9.17) is 4.74 Å². The highest BCUT2D eigenvalue weighted by Crippen LogP contribution is 2.21. The molecule has 0 bridgehead atoms. The van der Waals surface area contributed by atoms with Crippen molar-refractivity contribution >= 4 is 0 Å². The van der Waals surface area contributed by atoms with E-state index in [2.05, 4.69) is 22.8 Å². The topological polar surface area (TPSA) is 33.3 Å². The van der Waals surface area contributed by atoms with Gasteiger partial charge in [0.15, 0.2) is 0 Å². The molecule has 1 aliphatic rings. The molecule has 0 aliphatic carbocycles. The standard InChI is InChI=1S/C12H18N2O/c1-13-8-11-5-9-3-4-12(15-2)6-10(9)7-14-11/h3-4,6,11,13-14H,5,7-8H2,1-2H3. The van der Waals surface area contributed by atoms with Crippen LogP contribution in [-0.4, -0.2) is 26.7 Å². The van der Waals surface area contributed by atoms with Crippen molar-refractivity contribution in [2.45, 2.75) is 19.0 Å². The Morgan fingerprint density at radius 3 is 3.07 bits per heavy atom. The smallest absolute Gasteiger partial charge is 0.119 e. The van der Waals surface area contributed by atoms with Crippen molar-refractivity contribution in [2.24, 2.45) is 0 Å². The molecule has 0 amide bonds. The molecule has 1 unspecified atom stereocenters. The maximum absolute atomic E-state index is 5.21. The van der Waals surface area contributed by atoms with Crippen LogP contribution in [0.25, 0.3) is 0 Å². The lowest BCUT2D eigenvalue weighted by atomic mass is 9.95. The fourth-order valence-electron chi connectivity index (χ4n) is 2.08. The van der Waals surface area contributed by atoms with Crippen LogP contribution >= 0.6 is 0 Å². The maximum atomic E-state index is 5.21. The van der Waals surface area contributed by atoms with Gasteiger partial charge in [-0.3, -0.25) is 0 Å². The van der Waals surface area contributed by atoms with Crippen molar-refractivity contribution in [1.82, 2.24) is 10.6 Å². The molecule has 0 saturated carbocycles. The largest absolute Gasteiger partial charge is 0.497 e. The Kier molecular flexibility index (Phi) is 3.23. The third-order valence-corrected chi connectivity index (χ3v) is 2.91. The Balaban J connectivity index is 2.13. The number of methoxy groups -OCH3 is 1. The van der Waals surface area contributed by atoms with E-state index in [9.17, 15) is 0 Å². The molecule has 1 aromatic carbocycles. The van der Waals surface area contributed by atoms with Crippen LogP contribution in [-0.2, 0) is 13.0 Å². The van der Waals surface area contributed by atoms with Gasteiger partial charge in [0.1, 0.15) is 5.75 Å². The first-order valence-electron chi connectivity index (χ1n) is 5.37. The van der Waals surface area contributed by atoms with Gasteiger partial charge in [0, 0.05) is 19.1 Å². The zero-order valence-corrected chi connectivity index (χ0v) is 9.34. The van der Waals surface area contributed by atoms with Gasteiger partial charge in [-0.2, -0.15) is 0 Å². The number of rotatable bonds is 3. The Bertz CT molecular complexity index is 338. The first-order valence-corrected chi connectivity index (χ1v) is 5.37. The van der Waals surface area contributed by atoms with Gasteiger partial charge in [0.25, 0.3) is 0 Å². The average Bonchev–Trinajstić information content (AvgIpc) is 2.29. The molecule has 0 spiro atoms. The maximum Gasteiger partial charge on any atom is 0.119 e. The molecule has 15 heavy (non-hydrogen) atoms. The monoisotopic (exact) mass is 206 g/mol. The quantitative estimate of drug-likeness (QED) is 0.772. The number of fused-ring (bicyclic) bond motifs is 1. The molecule has 1 aromatic rings. The Hall–Kier alpha value is -1.06. The third kappa shape index (κ3) is 2.30. The average molecular weight is 206 g/mol. The van der Waals surface area contributed by atoms with Gasteiger partial charge in [0.05, 0.1) is 7.11 Å². The van der Waals surface area contributed by atoms with Crippen LogP contribution in [0.4, 0.5) is 0 Å². The molecular formula is C12H18N2O. The summed E-state index contributed by atoms with van der Waals surface area (Å²) in [6, 6.07) is 6.90. The number of hydrogen-bond donors (Lipinski definition) is 2. The van der Waals surface area contributed by atoms with Crippen molar-refractivity contribution in [2.75, 3.05) is 20.7 Å². The first kappa shape index (κ1) is 10.5. The van der Waals surface area contributed by atoms with Crippen LogP contribution in [0.1, 0.15) is 11.1 Å². The molecule has 82 valence electrons. The van der Waals surface area contributed by atoms with E-state index in [1.807, 2.05) is 13.1 Å². The van der Waals surface area contributed by atoms with Gasteiger partial charge in [-0.1, -0.05) is 6.07 Å². The minimum absolute atomic E-state index is 0.552. The Labute approximate surface area is 90.8 Å². The zero-order valence-electron chi connectivity index (χ0n) is 9.34. The highest BCUT2D eigenvalue weighted by molar-refractivity contribution is 5.37. The lowest BCUT2D eigenvalue weighted by molar-refractivity contribution is 0.411. The van der Waals surface area contributed by atoms with Gasteiger partial charge in [-0.15, -0.1) is 0 Å². The van der Waals surface area contributed by atoms with E-state index in [0.717, 1.165) is 25.3 Å². The summed E-state index contributed by atoms with van der Waals surface area (Å²) in [5.41, 5.74) is 2.80. The second kappa shape index (κ2) is 4.64. The molecule has 3 nitrogen and oxygen atoms in total. The third-order valence-electron chi connectivity index (χ3n) is 2.91. The van der Waals surface area contributed by atoms with Crippen molar-refractivity contribution < 1.29 is 4.74 Å². The molecule has 1 aliphatic heterocycles. The van der Waals surface area contributed by atoms with Crippen LogP contribution in [0.3, 0.4) is 0 Å². The molecule has 0 radical (unpaired) electrons. The van der Waals surface area contributed by atoms with Crippen molar-refractivity contribution in [3.05, 3.63) is 29.3 Å². The number of nitrogens with one attached hydrogen (secondary N) is 2. The van der Waals surface area contributed by atoms with Gasteiger partial charge in [-0.25, -0.2) is 0 Å². The minimum Gasteiger partial charge on any atom is -0.497 e. The molecular weight excluding hydrogens is 188 g/mol. The predicted octanol–water partition coefficient (Wildman–Crippen LogP) is 0.929. The van der Waals surface area contributed by atoms with Crippen LogP contribution in [0.2, 0.25) is 0 Å². The van der Waals surface area contributed by atoms with Crippen molar-refractivity contribution in [3.8, 4) is 5.75 Å². The molecule has 0 saturated heterocycles. The summed E-state index contributed by atoms with van der Waals surface area (Å²) in [7, 11) is 3.70. The number of benzene rings is 1. The highest BCUT2D eigenvalue weighted by Gasteiger charge is 2.17. The minimum atomic E-state index is 0.552. The van der Waals surface area contributed by atoms with Gasteiger partial charge in [-0.05, 0) is 36.7 Å². The second-order valence-corrected chi connectivity index (χ2v) is 3.97. The molecule has 2 rings (SSSR count). The number of ether oxygens (including phenoxy) is 1. The van der Waals surface area contributed by atoms with Crippen molar-refractivity contribution in [3.63, 3.8) is 0 Å². The number of likely N-dealkylation sites (N-methyl/N-ethyl adjacent to an activating group) is 1. The summed E-state index contributed by atoms with van der Waals surface area (Å²) in [5, 5.41) is 6.71. The van der Waals surface area contributed by atoms with Crippen LogP contribution in [0.5, 0.6) is 5.75 Å². The van der Waals surface area contributed by atoms with Crippen molar-refractivity contribution in [1.29, 1.82) is 0 Å². The summed E-state index contributed by atoms with van der Waals surface area (Å²) in [4.78, 5) is 0. The molecule has 0 aromatic heterocycles. The number of hydrogen-bond acceptors (Lipinski definition) is 3. The summed E-state index contributed by atoms with van der Waals surface area (Å²) in [6.45, 7) is 1.96. The van der Waals surface area contributed by atoms with Gasteiger partial charge >= 0.3 is 0 Å². The van der Waals surface area contributed by atoms with E-state index < -0.39 is 0 Å². The highest BCUT2D eigenvalue weighted by atomic mass is 16.5.